The van der Waals surface area contributed by atoms with Crippen LogP contribution in [0.5, 0.6) is 5.75 Å². The smallest absolute Gasteiger partial charge is 0.244 e. The standard InChI is InChI=1S/C21H28N4O2.HI/c1-4-25(15-17-8-6-5-7-9-17)20(26)14-23-21(22)24-18-10-12-19(13-11-18)27-16(2)3;/h5-13,16H,4,14-15H2,1-3H3,(H3,22,23,24);1H. The summed E-state index contributed by atoms with van der Waals surface area (Å²) in [5.74, 6) is 0.934. The van der Waals surface area contributed by atoms with Gasteiger partial charge in [-0.2, -0.15) is 0 Å². The van der Waals surface area contributed by atoms with E-state index in [0.717, 1.165) is 17.0 Å². The van der Waals surface area contributed by atoms with Crippen LogP contribution in [0.1, 0.15) is 26.3 Å². The lowest BCUT2D eigenvalue weighted by molar-refractivity contribution is -0.130. The van der Waals surface area contributed by atoms with Gasteiger partial charge in [-0.15, -0.1) is 24.0 Å². The molecule has 0 aliphatic rings. The Labute approximate surface area is 184 Å². The average Bonchev–Trinajstić information content (AvgIpc) is 2.66. The van der Waals surface area contributed by atoms with Crippen LogP contribution in [0.2, 0.25) is 0 Å². The molecule has 152 valence electrons. The number of halogens is 1. The van der Waals surface area contributed by atoms with Crippen LogP contribution in [0.4, 0.5) is 5.69 Å². The number of guanidine groups is 1. The number of nitrogens with zero attached hydrogens (tertiary/aromatic N) is 2. The Bertz CT molecular complexity index is 749. The van der Waals surface area contributed by atoms with Crippen LogP contribution in [-0.4, -0.2) is 36.0 Å². The molecule has 0 fully saturated rings. The van der Waals surface area contributed by atoms with Crippen LogP contribution in [-0.2, 0) is 11.3 Å². The predicted octanol–water partition coefficient (Wildman–Crippen LogP) is 3.87. The third-order valence-corrected chi connectivity index (χ3v) is 3.83. The third-order valence-electron chi connectivity index (χ3n) is 3.83. The van der Waals surface area contributed by atoms with Crippen molar-refractivity contribution in [2.75, 3.05) is 18.4 Å². The molecule has 2 rings (SSSR count). The molecule has 0 aliphatic heterocycles. The number of rotatable bonds is 8. The Hall–Kier alpha value is -2.29. The van der Waals surface area contributed by atoms with E-state index in [0.29, 0.717) is 13.1 Å². The summed E-state index contributed by atoms with van der Waals surface area (Å²) in [5.41, 5.74) is 7.78. The number of carbonyl (C=O) groups excluding carboxylic acids is 1. The molecule has 0 aliphatic carbocycles. The highest BCUT2D eigenvalue weighted by atomic mass is 127. The first kappa shape index (κ1) is 23.7. The van der Waals surface area contributed by atoms with Crippen molar-refractivity contribution in [1.29, 1.82) is 0 Å². The van der Waals surface area contributed by atoms with Gasteiger partial charge in [0.2, 0.25) is 5.91 Å². The van der Waals surface area contributed by atoms with Crippen LogP contribution in [0, 0.1) is 0 Å². The molecule has 0 spiro atoms. The summed E-state index contributed by atoms with van der Waals surface area (Å²) in [5, 5.41) is 2.99. The van der Waals surface area contributed by atoms with Crippen molar-refractivity contribution >= 4 is 41.5 Å². The van der Waals surface area contributed by atoms with Crippen molar-refractivity contribution in [3.8, 4) is 5.75 Å². The number of anilines is 1. The van der Waals surface area contributed by atoms with Crippen LogP contribution in [0.25, 0.3) is 0 Å². The Morgan fingerprint density at radius 3 is 2.36 bits per heavy atom. The van der Waals surface area contributed by atoms with Gasteiger partial charge in [-0.25, -0.2) is 4.99 Å². The van der Waals surface area contributed by atoms with Crippen molar-refractivity contribution in [1.82, 2.24) is 4.90 Å². The van der Waals surface area contributed by atoms with Gasteiger partial charge in [0.1, 0.15) is 12.3 Å². The van der Waals surface area contributed by atoms with E-state index in [4.69, 9.17) is 10.5 Å². The summed E-state index contributed by atoms with van der Waals surface area (Å²) in [6, 6.07) is 17.3. The zero-order chi connectivity index (χ0) is 19.6. The molecule has 0 atom stereocenters. The molecule has 0 radical (unpaired) electrons. The second-order valence-electron chi connectivity index (χ2n) is 6.41. The van der Waals surface area contributed by atoms with E-state index in [1.807, 2.05) is 75.4 Å². The maximum atomic E-state index is 12.4. The van der Waals surface area contributed by atoms with Gasteiger partial charge in [-0.05, 0) is 50.6 Å². The minimum absolute atomic E-state index is 0. The van der Waals surface area contributed by atoms with Crippen molar-refractivity contribution in [2.45, 2.75) is 33.4 Å². The molecule has 3 N–H and O–H groups in total. The molecule has 2 aromatic carbocycles. The number of nitrogens with one attached hydrogen (secondary N) is 1. The molecular weight excluding hydrogens is 467 g/mol. The number of likely N-dealkylation sites (N-methyl/N-ethyl adjacent to an activating group) is 1. The summed E-state index contributed by atoms with van der Waals surface area (Å²) in [4.78, 5) is 18.3. The zero-order valence-corrected chi connectivity index (χ0v) is 18.9. The number of aliphatic imine (C=N–C) groups is 1. The van der Waals surface area contributed by atoms with Gasteiger partial charge >= 0.3 is 0 Å². The number of nitrogens with two attached hydrogens (primary N) is 1. The fraction of sp³-hybridized carbons (Fsp3) is 0.333. The first-order valence-electron chi connectivity index (χ1n) is 9.13. The molecule has 0 unspecified atom stereocenters. The first-order chi connectivity index (χ1) is 13.0. The van der Waals surface area contributed by atoms with Crippen molar-refractivity contribution < 1.29 is 9.53 Å². The number of benzene rings is 2. The summed E-state index contributed by atoms with van der Waals surface area (Å²) >= 11 is 0. The van der Waals surface area contributed by atoms with Crippen LogP contribution in [0.3, 0.4) is 0 Å². The Morgan fingerprint density at radius 1 is 1.14 bits per heavy atom. The van der Waals surface area contributed by atoms with Gasteiger partial charge < -0.3 is 20.7 Å². The molecule has 7 heteroatoms. The van der Waals surface area contributed by atoms with E-state index in [1.165, 1.54) is 0 Å². The molecule has 6 nitrogen and oxygen atoms in total. The Kier molecular flexibility index (Phi) is 10.4. The molecule has 0 saturated carbocycles. The van der Waals surface area contributed by atoms with Gasteiger partial charge in [-0.3, -0.25) is 4.79 Å². The lowest BCUT2D eigenvalue weighted by Gasteiger charge is -2.20. The fourth-order valence-electron chi connectivity index (χ4n) is 2.51. The molecule has 2 aromatic rings. The maximum Gasteiger partial charge on any atom is 0.244 e. The number of hydrogen-bond acceptors (Lipinski definition) is 3. The van der Waals surface area contributed by atoms with E-state index in [9.17, 15) is 4.79 Å². The topological polar surface area (TPSA) is 80.0 Å². The lowest BCUT2D eigenvalue weighted by atomic mass is 10.2. The van der Waals surface area contributed by atoms with Gasteiger partial charge in [0.25, 0.3) is 0 Å². The fourth-order valence-corrected chi connectivity index (χ4v) is 2.51. The molecule has 28 heavy (non-hydrogen) atoms. The number of hydrogen-bond donors (Lipinski definition) is 2. The van der Waals surface area contributed by atoms with Crippen molar-refractivity contribution in [3.05, 3.63) is 60.2 Å². The van der Waals surface area contributed by atoms with Crippen LogP contribution < -0.4 is 15.8 Å². The quantitative estimate of drug-likeness (QED) is 0.331. The molecule has 0 saturated heterocycles. The second kappa shape index (κ2) is 12.2. The van der Waals surface area contributed by atoms with Crippen LogP contribution in [0.15, 0.2) is 59.6 Å². The van der Waals surface area contributed by atoms with Crippen LogP contribution >= 0.6 is 24.0 Å². The summed E-state index contributed by atoms with van der Waals surface area (Å²) in [6.45, 7) is 7.10. The summed E-state index contributed by atoms with van der Waals surface area (Å²) < 4.78 is 5.60. The Morgan fingerprint density at radius 2 is 1.79 bits per heavy atom. The number of amides is 1. The normalized spacial score (nSPS) is 10.9. The maximum absolute atomic E-state index is 12.4. The van der Waals surface area contributed by atoms with Crippen molar-refractivity contribution in [3.63, 3.8) is 0 Å². The SMILES string of the molecule is CCN(Cc1ccccc1)C(=O)CN=C(N)Nc1ccc(OC(C)C)cc1.I. The second-order valence-corrected chi connectivity index (χ2v) is 6.41. The minimum atomic E-state index is -0.0632. The highest BCUT2D eigenvalue weighted by molar-refractivity contribution is 14.0. The molecular formula is C21H29IN4O2. The van der Waals surface area contributed by atoms with E-state index in [-0.39, 0.29) is 48.5 Å². The predicted molar refractivity (Wildman–Crippen MR) is 125 cm³/mol. The van der Waals surface area contributed by atoms with Crippen molar-refractivity contribution in [2.24, 2.45) is 10.7 Å². The third kappa shape index (κ3) is 8.16. The zero-order valence-electron chi connectivity index (χ0n) is 16.6. The Balaban J connectivity index is 0.00000392. The van der Waals surface area contributed by atoms with E-state index < -0.39 is 0 Å². The molecule has 1 amide bonds. The number of carbonyl (C=O) groups is 1. The molecule has 0 heterocycles. The molecule has 0 bridgehead atoms. The number of ether oxygens (including phenoxy) is 1. The molecule has 0 aromatic heterocycles. The summed E-state index contributed by atoms with van der Waals surface area (Å²) in [6.07, 6.45) is 0.124. The van der Waals surface area contributed by atoms with Gasteiger partial charge in [0.15, 0.2) is 5.96 Å². The average molecular weight is 496 g/mol. The van der Waals surface area contributed by atoms with Gasteiger partial charge in [0.05, 0.1) is 6.10 Å². The monoisotopic (exact) mass is 496 g/mol. The van der Waals surface area contributed by atoms with E-state index in [2.05, 4.69) is 10.3 Å². The first-order valence-corrected chi connectivity index (χ1v) is 9.13. The van der Waals surface area contributed by atoms with Gasteiger partial charge in [0, 0.05) is 18.8 Å². The minimum Gasteiger partial charge on any atom is -0.491 e. The highest BCUT2D eigenvalue weighted by Crippen LogP contribution is 2.16. The largest absolute Gasteiger partial charge is 0.491 e. The van der Waals surface area contributed by atoms with E-state index in [1.54, 1.807) is 4.90 Å². The highest BCUT2D eigenvalue weighted by Gasteiger charge is 2.11. The van der Waals surface area contributed by atoms with Gasteiger partial charge in [-0.1, -0.05) is 30.3 Å². The van der Waals surface area contributed by atoms with E-state index >= 15 is 0 Å². The lowest BCUT2D eigenvalue weighted by Crippen LogP contribution is -2.33. The summed E-state index contributed by atoms with van der Waals surface area (Å²) in [7, 11) is 0.